The molecule has 0 aromatic carbocycles. The van der Waals surface area contributed by atoms with Gasteiger partial charge in [-0.05, 0) is 81.2 Å². The van der Waals surface area contributed by atoms with Gasteiger partial charge in [0.1, 0.15) is 17.0 Å². The van der Waals surface area contributed by atoms with E-state index in [0.29, 0.717) is 25.0 Å². The maximum Gasteiger partial charge on any atom is 0.514 e. The first-order valence-electron chi connectivity index (χ1n) is 11.5. The second kappa shape index (κ2) is 9.77. The molecule has 0 unspecified atom stereocenters. The third kappa shape index (κ3) is 9.10. The molecule has 2 N–H and O–H groups in total. The second-order valence-corrected chi connectivity index (χ2v) is 11.8. The van der Waals surface area contributed by atoms with Gasteiger partial charge in [0.2, 0.25) is 5.91 Å². The molecule has 0 heterocycles. The van der Waals surface area contributed by atoms with Crippen LogP contribution < -0.4 is 10.6 Å². The summed E-state index contributed by atoms with van der Waals surface area (Å²) in [5, 5.41) is 5.97. The van der Waals surface area contributed by atoms with E-state index in [9.17, 15) is 14.4 Å². The molecule has 3 atom stereocenters. The number of nitrogens with one attached hydrogen (secondary N) is 2. The molecule has 2 aliphatic rings. The molecular weight excluding hydrogens is 424 g/mol. The van der Waals surface area contributed by atoms with Gasteiger partial charge < -0.3 is 24.8 Å². The quantitative estimate of drug-likeness (QED) is 0.451. The molecule has 2 aliphatic carbocycles. The highest BCUT2D eigenvalue weighted by Gasteiger charge is 2.40. The van der Waals surface area contributed by atoms with Crippen LogP contribution in [0.2, 0.25) is 0 Å². The predicted octanol–water partition coefficient (Wildman–Crippen LogP) is 4.99. The van der Waals surface area contributed by atoms with Gasteiger partial charge >= 0.3 is 12.2 Å². The number of ether oxygens (including phenoxy) is 3. The molecule has 1 saturated carbocycles. The zero-order valence-corrected chi connectivity index (χ0v) is 21.5. The summed E-state index contributed by atoms with van der Waals surface area (Å²) < 4.78 is 16.1. The average Bonchev–Trinajstić information content (AvgIpc) is 2.56. The summed E-state index contributed by atoms with van der Waals surface area (Å²) in [5.41, 5.74) is -0.632. The van der Waals surface area contributed by atoms with Crippen molar-refractivity contribution in [2.45, 2.75) is 104 Å². The van der Waals surface area contributed by atoms with Crippen LogP contribution in [0.5, 0.6) is 0 Å². The normalized spacial score (nSPS) is 23.4. The van der Waals surface area contributed by atoms with Crippen LogP contribution in [-0.4, -0.2) is 40.9 Å². The van der Waals surface area contributed by atoms with E-state index in [0.717, 1.165) is 5.57 Å². The van der Waals surface area contributed by atoms with E-state index in [1.165, 1.54) is 0 Å². The summed E-state index contributed by atoms with van der Waals surface area (Å²) in [6, 6.07) is -0.236. The zero-order chi connectivity index (χ0) is 25.2. The van der Waals surface area contributed by atoms with Crippen molar-refractivity contribution >= 4 is 18.2 Å². The smallest absolute Gasteiger partial charge is 0.444 e. The molecule has 33 heavy (non-hydrogen) atoms. The lowest BCUT2D eigenvalue weighted by Crippen LogP contribution is -2.51. The van der Waals surface area contributed by atoms with Crippen molar-refractivity contribution in [1.82, 2.24) is 10.6 Å². The van der Waals surface area contributed by atoms with Crippen LogP contribution in [0.4, 0.5) is 9.59 Å². The van der Waals surface area contributed by atoms with Crippen LogP contribution in [-0.2, 0) is 19.0 Å². The first-order valence-corrected chi connectivity index (χ1v) is 11.5. The monoisotopic (exact) mass is 464 g/mol. The highest BCUT2D eigenvalue weighted by molar-refractivity contribution is 5.81. The van der Waals surface area contributed by atoms with Crippen LogP contribution in [0.25, 0.3) is 0 Å². The highest BCUT2D eigenvalue weighted by Crippen LogP contribution is 2.40. The van der Waals surface area contributed by atoms with E-state index in [2.05, 4.69) is 10.6 Å². The molecule has 0 aromatic rings. The maximum atomic E-state index is 13.2. The Kier molecular flexibility index (Phi) is 7.92. The molecule has 0 spiro atoms. The minimum absolute atomic E-state index is 0.108. The Morgan fingerprint density at radius 1 is 0.939 bits per heavy atom. The fraction of sp³-hybridized carbons (Fsp3) is 0.720. The van der Waals surface area contributed by atoms with E-state index in [-0.39, 0.29) is 17.9 Å². The second-order valence-electron chi connectivity index (χ2n) is 11.8. The lowest BCUT2D eigenvalue weighted by molar-refractivity contribution is -0.128. The molecule has 8 nitrogen and oxygen atoms in total. The molecule has 0 radical (unpaired) electrons. The van der Waals surface area contributed by atoms with Crippen molar-refractivity contribution in [2.75, 3.05) is 0 Å². The summed E-state index contributed by atoms with van der Waals surface area (Å²) in [5.74, 6) is -0.300. The topological polar surface area (TPSA) is 103 Å². The van der Waals surface area contributed by atoms with Crippen LogP contribution in [0.1, 0.15) is 81.6 Å². The minimum atomic E-state index is -0.762. The van der Waals surface area contributed by atoms with Gasteiger partial charge in [-0.15, -0.1) is 0 Å². The maximum absolute atomic E-state index is 13.2. The Hall–Kier alpha value is -2.51. The number of hydrogen-bond acceptors (Lipinski definition) is 6. The van der Waals surface area contributed by atoms with Crippen molar-refractivity contribution < 1.29 is 28.6 Å². The summed E-state index contributed by atoms with van der Waals surface area (Å²) in [7, 11) is 0. The molecular formula is C25H40N2O6. The lowest BCUT2D eigenvalue weighted by Gasteiger charge is -2.39. The first kappa shape index (κ1) is 26.7. The fourth-order valence-electron chi connectivity index (χ4n) is 3.93. The molecule has 0 aromatic heterocycles. The van der Waals surface area contributed by atoms with Crippen LogP contribution >= 0.6 is 0 Å². The van der Waals surface area contributed by atoms with Gasteiger partial charge in [-0.2, -0.15) is 0 Å². The van der Waals surface area contributed by atoms with Crippen molar-refractivity contribution in [3.05, 3.63) is 23.5 Å². The van der Waals surface area contributed by atoms with Crippen molar-refractivity contribution in [1.29, 1.82) is 0 Å². The van der Waals surface area contributed by atoms with E-state index in [1.54, 1.807) is 20.8 Å². The Labute approximate surface area is 197 Å². The third-order valence-corrected chi connectivity index (χ3v) is 4.97. The van der Waals surface area contributed by atoms with Gasteiger partial charge in [0, 0.05) is 23.9 Å². The largest absolute Gasteiger partial charge is 0.514 e. The van der Waals surface area contributed by atoms with Crippen molar-refractivity contribution in [2.24, 2.45) is 11.8 Å². The van der Waals surface area contributed by atoms with Gasteiger partial charge in [-0.1, -0.05) is 11.6 Å². The number of carbonyl (C=O) groups excluding carboxylic acids is 3. The Morgan fingerprint density at radius 2 is 1.55 bits per heavy atom. The molecule has 8 heteroatoms. The van der Waals surface area contributed by atoms with Crippen LogP contribution in [0, 0.1) is 11.8 Å². The average molecular weight is 465 g/mol. The summed E-state index contributed by atoms with van der Waals surface area (Å²) in [6.07, 6.45) is 4.01. The summed E-state index contributed by atoms with van der Waals surface area (Å²) in [6.45, 7) is 16.5. The third-order valence-electron chi connectivity index (χ3n) is 4.97. The summed E-state index contributed by atoms with van der Waals surface area (Å²) >= 11 is 0. The molecule has 0 aliphatic heterocycles. The van der Waals surface area contributed by atoms with Crippen molar-refractivity contribution in [3.8, 4) is 0 Å². The van der Waals surface area contributed by atoms with Gasteiger partial charge in [0.25, 0.3) is 0 Å². The van der Waals surface area contributed by atoms with E-state index >= 15 is 0 Å². The number of rotatable bonds is 3. The standard InChI is InChI=1S/C25H40N2O6/c1-23(2,3)27-20(28)19-13-16(26-21(29)32-24(4,5)6)12-15-10-11-17(14-18(15)19)31-22(30)33-25(7,8)9/h10,14,16,18-19H,11-13H2,1-9H3,(H,26,29)(H,27,28)/t16-,18-,19-/m1/s1. The number of hydrogen-bond donors (Lipinski definition) is 2. The number of carbonyl (C=O) groups is 3. The molecule has 2 rings (SSSR count). The van der Waals surface area contributed by atoms with E-state index in [1.807, 2.05) is 53.7 Å². The van der Waals surface area contributed by atoms with E-state index < -0.39 is 34.9 Å². The Balaban J connectivity index is 2.20. The molecule has 1 fully saturated rings. The van der Waals surface area contributed by atoms with Crippen LogP contribution in [0.15, 0.2) is 23.5 Å². The van der Waals surface area contributed by atoms with Gasteiger partial charge in [0.05, 0.1) is 5.92 Å². The summed E-state index contributed by atoms with van der Waals surface area (Å²) in [4.78, 5) is 37.7. The number of allylic oxidation sites excluding steroid dienone is 2. The number of fused-ring (bicyclic) bond motifs is 1. The molecule has 0 saturated heterocycles. The van der Waals surface area contributed by atoms with E-state index in [4.69, 9.17) is 14.2 Å². The molecule has 186 valence electrons. The number of amides is 2. The predicted molar refractivity (Wildman–Crippen MR) is 125 cm³/mol. The highest BCUT2D eigenvalue weighted by atomic mass is 16.7. The molecule has 2 amide bonds. The minimum Gasteiger partial charge on any atom is -0.444 e. The first-order chi connectivity index (χ1) is 14.9. The SMILES string of the molecule is CC(C)(C)NC(=O)[C@@H]1C[C@H](NC(=O)OC(C)(C)C)CC2=CCC(OC(=O)OC(C)(C)C)=C[C@H]21. The zero-order valence-electron chi connectivity index (χ0n) is 21.5. The Bertz CT molecular complexity index is 823. The van der Waals surface area contributed by atoms with Gasteiger partial charge in [0.15, 0.2) is 0 Å². The molecule has 0 bridgehead atoms. The number of alkyl carbamates (subject to hydrolysis) is 1. The van der Waals surface area contributed by atoms with Gasteiger partial charge in [-0.3, -0.25) is 4.79 Å². The fourth-order valence-corrected chi connectivity index (χ4v) is 3.93. The van der Waals surface area contributed by atoms with Crippen LogP contribution in [0.3, 0.4) is 0 Å². The van der Waals surface area contributed by atoms with Crippen molar-refractivity contribution in [3.63, 3.8) is 0 Å². The lowest BCUT2D eigenvalue weighted by atomic mass is 9.70. The Morgan fingerprint density at radius 3 is 2.09 bits per heavy atom. The van der Waals surface area contributed by atoms with Gasteiger partial charge in [-0.25, -0.2) is 9.59 Å².